The van der Waals surface area contributed by atoms with Crippen molar-refractivity contribution in [2.45, 2.75) is 11.7 Å². The van der Waals surface area contributed by atoms with Crippen LogP contribution in [0.5, 0.6) is 0 Å². The van der Waals surface area contributed by atoms with Crippen molar-refractivity contribution in [2.75, 3.05) is 11.1 Å². The first-order chi connectivity index (χ1) is 14.9. The molecule has 31 heavy (non-hydrogen) atoms. The number of carbonyl (C=O) groups excluding carboxylic acids is 1. The minimum absolute atomic E-state index is 0.0335. The molecule has 0 aliphatic heterocycles. The van der Waals surface area contributed by atoms with Crippen molar-refractivity contribution in [3.63, 3.8) is 0 Å². The number of nitrogens with zero attached hydrogens (tertiary/aromatic N) is 2. The molecule has 158 valence electrons. The number of halogens is 3. The van der Waals surface area contributed by atoms with Crippen molar-refractivity contribution >= 4 is 68.1 Å². The van der Waals surface area contributed by atoms with Crippen LogP contribution in [0.25, 0.3) is 10.2 Å². The van der Waals surface area contributed by atoms with Gasteiger partial charge in [-0.2, -0.15) is 0 Å². The van der Waals surface area contributed by atoms with Gasteiger partial charge in [-0.15, -0.1) is 11.3 Å². The molecule has 0 saturated carbocycles. The summed E-state index contributed by atoms with van der Waals surface area (Å²) in [7, 11) is 0. The molecule has 0 aliphatic carbocycles. The normalized spacial score (nSPS) is 11.1. The molecule has 0 fully saturated rings. The molecular formula is C21H14Cl2FN3O2S2. The van der Waals surface area contributed by atoms with Crippen molar-refractivity contribution in [1.29, 1.82) is 0 Å². The van der Waals surface area contributed by atoms with E-state index in [0.717, 1.165) is 17.3 Å². The average molecular weight is 494 g/mol. The van der Waals surface area contributed by atoms with Crippen LogP contribution in [0.3, 0.4) is 0 Å². The van der Waals surface area contributed by atoms with E-state index in [1.165, 1.54) is 28.0 Å². The van der Waals surface area contributed by atoms with E-state index in [2.05, 4.69) is 10.3 Å². The number of aromatic nitrogens is 2. The number of nitrogens with one attached hydrogen (secondary N) is 1. The van der Waals surface area contributed by atoms with Gasteiger partial charge in [-0.3, -0.25) is 14.2 Å². The number of anilines is 1. The molecule has 2 heterocycles. The quantitative estimate of drug-likeness (QED) is 0.277. The Morgan fingerprint density at radius 1 is 1.13 bits per heavy atom. The van der Waals surface area contributed by atoms with Crippen LogP contribution in [0.4, 0.5) is 10.1 Å². The highest BCUT2D eigenvalue weighted by molar-refractivity contribution is 7.99. The maximum Gasteiger partial charge on any atom is 0.272 e. The first kappa shape index (κ1) is 21.8. The summed E-state index contributed by atoms with van der Waals surface area (Å²) < 4.78 is 15.3. The summed E-state index contributed by atoms with van der Waals surface area (Å²) in [5.41, 5.74) is 1.66. The van der Waals surface area contributed by atoms with Gasteiger partial charge in [0.25, 0.3) is 5.56 Å². The third-order valence-electron chi connectivity index (χ3n) is 4.32. The molecule has 0 saturated heterocycles. The lowest BCUT2D eigenvalue weighted by Gasteiger charge is -2.12. The number of benzene rings is 2. The zero-order valence-corrected chi connectivity index (χ0v) is 18.9. The van der Waals surface area contributed by atoms with Gasteiger partial charge in [0, 0.05) is 5.69 Å². The monoisotopic (exact) mass is 493 g/mol. The minimum atomic E-state index is -0.350. The summed E-state index contributed by atoms with van der Waals surface area (Å²) in [6.45, 7) is 0.219. The molecule has 0 bridgehead atoms. The van der Waals surface area contributed by atoms with Crippen LogP contribution >= 0.6 is 46.3 Å². The summed E-state index contributed by atoms with van der Waals surface area (Å²) >= 11 is 14.3. The van der Waals surface area contributed by atoms with Crippen LogP contribution in [0.1, 0.15) is 5.56 Å². The summed E-state index contributed by atoms with van der Waals surface area (Å²) in [5, 5.41) is 5.68. The molecule has 0 unspecified atom stereocenters. The zero-order chi connectivity index (χ0) is 22.0. The molecule has 1 amide bonds. The first-order valence-corrected chi connectivity index (χ1v) is 11.6. The molecule has 10 heteroatoms. The SMILES string of the molecule is O=C(CSc1nc2ccsc2c(=O)n1Cc1ccc(F)cc1)Nc1ccc(Cl)c(Cl)c1. The lowest BCUT2D eigenvalue weighted by molar-refractivity contribution is -0.113. The second-order valence-electron chi connectivity index (χ2n) is 6.51. The first-order valence-electron chi connectivity index (χ1n) is 9.01. The summed E-state index contributed by atoms with van der Waals surface area (Å²) in [6.07, 6.45) is 0. The van der Waals surface area contributed by atoms with E-state index in [-0.39, 0.29) is 29.6 Å². The third-order valence-corrected chi connectivity index (χ3v) is 6.93. The number of fused-ring (bicyclic) bond motifs is 1. The van der Waals surface area contributed by atoms with Crippen molar-refractivity contribution < 1.29 is 9.18 Å². The van der Waals surface area contributed by atoms with Crippen LogP contribution in [-0.2, 0) is 11.3 Å². The van der Waals surface area contributed by atoms with Crippen molar-refractivity contribution in [1.82, 2.24) is 9.55 Å². The topological polar surface area (TPSA) is 64.0 Å². The second kappa shape index (κ2) is 9.40. The fraction of sp³-hybridized carbons (Fsp3) is 0.0952. The average Bonchev–Trinajstić information content (AvgIpc) is 3.22. The molecule has 1 N–H and O–H groups in total. The molecule has 4 rings (SSSR count). The van der Waals surface area contributed by atoms with E-state index in [4.69, 9.17) is 23.2 Å². The van der Waals surface area contributed by atoms with Gasteiger partial charge >= 0.3 is 0 Å². The molecule has 0 aliphatic rings. The van der Waals surface area contributed by atoms with E-state index in [1.807, 2.05) is 0 Å². The number of hydrogen-bond acceptors (Lipinski definition) is 5. The van der Waals surface area contributed by atoms with Crippen LogP contribution in [0, 0.1) is 5.82 Å². The lowest BCUT2D eigenvalue weighted by Crippen LogP contribution is -2.24. The van der Waals surface area contributed by atoms with E-state index in [0.29, 0.717) is 31.1 Å². The molecule has 2 aromatic carbocycles. The number of rotatable bonds is 6. The van der Waals surface area contributed by atoms with Gasteiger partial charge in [-0.05, 0) is 47.3 Å². The third kappa shape index (κ3) is 5.10. The molecule has 2 aromatic heterocycles. The van der Waals surface area contributed by atoms with E-state index < -0.39 is 0 Å². The van der Waals surface area contributed by atoms with Gasteiger partial charge in [-0.25, -0.2) is 9.37 Å². The molecule has 5 nitrogen and oxygen atoms in total. The highest BCUT2D eigenvalue weighted by Crippen LogP contribution is 2.26. The largest absolute Gasteiger partial charge is 0.325 e. The van der Waals surface area contributed by atoms with Crippen LogP contribution in [0.2, 0.25) is 10.0 Å². The van der Waals surface area contributed by atoms with Gasteiger partial charge in [0.2, 0.25) is 5.91 Å². The van der Waals surface area contributed by atoms with Gasteiger partial charge in [0.15, 0.2) is 5.16 Å². The fourth-order valence-electron chi connectivity index (χ4n) is 2.85. The Balaban J connectivity index is 1.57. The Morgan fingerprint density at radius 3 is 2.65 bits per heavy atom. The summed E-state index contributed by atoms with van der Waals surface area (Å²) in [6, 6.07) is 12.5. The highest BCUT2D eigenvalue weighted by atomic mass is 35.5. The Kier molecular flexibility index (Phi) is 6.62. The Bertz CT molecular complexity index is 1320. The van der Waals surface area contributed by atoms with Gasteiger partial charge in [-0.1, -0.05) is 47.1 Å². The molecular weight excluding hydrogens is 480 g/mol. The number of amides is 1. The minimum Gasteiger partial charge on any atom is -0.325 e. The molecule has 0 radical (unpaired) electrons. The number of thiophene rings is 1. The predicted octanol–water partition coefficient (Wildman–Crippen LogP) is 5.68. The predicted molar refractivity (Wildman–Crippen MR) is 125 cm³/mol. The standard InChI is InChI=1S/C21H14Cl2FN3O2S2/c22-15-6-5-14(9-16(15)23)25-18(28)11-31-21-26-17-7-8-30-19(17)20(29)27(21)10-12-1-3-13(24)4-2-12/h1-9H,10-11H2,(H,25,28). The van der Waals surface area contributed by atoms with E-state index >= 15 is 0 Å². The highest BCUT2D eigenvalue weighted by Gasteiger charge is 2.15. The second-order valence-corrected chi connectivity index (χ2v) is 9.19. The van der Waals surface area contributed by atoms with E-state index in [1.54, 1.807) is 41.8 Å². The molecule has 4 aromatic rings. The molecule has 0 spiro atoms. The Labute approximate surface area is 194 Å². The molecule has 0 atom stereocenters. The van der Waals surface area contributed by atoms with Crippen LogP contribution in [-0.4, -0.2) is 21.2 Å². The lowest BCUT2D eigenvalue weighted by atomic mass is 10.2. The summed E-state index contributed by atoms with van der Waals surface area (Å²) in [4.78, 5) is 30.0. The van der Waals surface area contributed by atoms with E-state index in [9.17, 15) is 14.0 Å². The number of thioether (sulfide) groups is 1. The van der Waals surface area contributed by atoms with Gasteiger partial charge in [0.1, 0.15) is 10.5 Å². The number of carbonyl (C=O) groups is 1. The van der Waals surface area contributed by atoms with Crippen LogP contribution < -0.4 is 10.9 Å². The zero-order valence-electron chi connectivity index (χ0n) is 15.8. The Hall–Kier alpha value is -2.39. The van der Waals surface area contributed by atoms with Crippen LogP contribution in [0.15, 0.2) is 63.9 Å². The van der Waals surface area contributed by atoms with Crippen molar-refractivity contribution in [3.05, 3.63) is 85.7 Å². The fourth-order valence-corrected chi connectivity index (χ4v) is 4.72. The maximum atomic E-state index is 13.2. The van der Waals surface area contributed by atoms with Crippen molar-refractivity contribution in [2.24, 2.45) is 0 Å². The maximum absolute atomic E-state index is 13.2. The number of hydrogen-bond donors (Lipinski definition) is 1. The smallest absolute Gasteiger partial charge is 0.272 e. The Morgan fingerprint density at radius 2 is 1.90 bits per heavy atom. The van der Waals surface area contributed by atoms with Gasteiger partial charge < -0.3 is 5.32 Å². The summed E-state index contributed by atoms with van der Waals surface area (Å²) in [5.74, 6) is -0.598. The van der Waals surface area contributed by atoms with Crippen molar-refractivity contribution in [3.8, 4) is 0 Å². The van der Waals surface area contributed by atoms with Gasteiger partial charge in [0.05, 0.1) is 27.9 Å².